The minimum atomic E-state index is -2.61. The third kappa shape index (κ3) is 2.14. The van der Waals surface area contributed by atoms with E-state index in [0.717, 1.165) is 5.56 Å². The van der Waals surface area contributed by atoms with Gasteiger partial charge in [-0.15, -0.1) is 0 Å². The Morgan fingerprint density at radius 1 is 1.29 bits per heavy atom. The summed E-state index contributed by atoms with van der Waals surface area (Å²) in [5.41, 5.74) is 5.92. The van der Waals surface area contributed by atoms with Gasteiger partial charge < -0.3 is 10.5 Å². The number of rotatable bonds is 3. The highest BCUT2D eigenvalue weighted by Gasteiger charge is 2.50. The van der Waals surface area contributed by atoms with Crippen molar-refractivity contribution in [2.75, 3.05) is 13.7 Å². The maximum Gasteiger partial charge on any atom is 0.249 e. The van der Waals surface area contributed by atoms with Crippen molar-refractivity contribution in [3.05, 3.63) is 29.8 Å². The molecule has 0 amide bonds. The summed E-state index contributed by atoms with van der Waals surface area (Å²) in [7, 11) is 1.55. The fourth-order valence-corrected chi connectivity index (χ4v) is 2.69. The second kappa shape index (κ2) is 4.26. The molecule has 17 heavy (non-hydrogen) atoms. The Morgan fingerprint density at radius 2 is 2.00 bits per heavy atom. The summed E-state index contributed by atoms with van der Waals surface area (Å²) in [5.74, 6) is -1.96. The molecule has 1 saturated carbocycles. The molecule has 1 aliphatic rings. The number of alkyl halides is 2. The minimum Gasteiger partial charge on any atom is -0.496 e. The van der Waals surface area contributed by atoms with E-state index < -0.39 is 11.3 Å². The second-order valence-corrected chi connectivity index (χ2v) is 4.72. The molecular formula is C13H17F2NO. The van der Waals surface area contributed by atoms with Gasteiger partial charge in [-0.1, -0.05) is 18.2 Å². The van der Waals surface area contributed by atoms with Gasteiger partial charge in [0.15, 0.2) is 0 Å². The van der Waals surface area contributed by atoms with E-state index in [-0.39, 0.29) is 19.4 Å². The van der Waals surface area contributed by atoms with Crippen molar-refractivity contribution in [3.63, 3.8) is 0 Å². The van der Waals surface area contributed by atoms with Crippen molar-refractivity contribution in [1.82, 2.24) is 0 Å². The molecule has 0 bridgehead atoms. The van der Waals surface area contributed by atoms with E-state index in [1.54, 1.807) is 13.2 Å². The van der Waals surface area contributed by atoms with Gasteiger partial charge in [0, 0.05) is 30.4 Å². The number of methoxy groups -OCH3 is 1. The van der Waals surface area contributed by atoms with Gasteiger partial charge in [-0.25, -0.2) is 8.78 Å². The predicted molar refractivity (Wildman–Crippen MR) is 62.5 cm³/mol. The molecule has 1 aliphatic carbocycles. The molecule has 4 heteroatoms. The Morgan fingerprint density at radius 3 is 2.53 bits per heavy atom. The number of benzene rings is 1. The molecule has 2 N–H and O–H groups in total. The van der Waals surface area contributed by atoms with Crippen LogP contribution in [0.5, 0.6) is 5.75 Å². The van der Waals surface area contributed by atoms with Crippen molar-refractivity contribution >= 4 is 0 Å². The summed E-state index contributed by atoms with van der Waals surface area (Å²) in [6, 6.07) is 7.31. The Hall–Kier alpha value is -1.16. The molecule has 1 aromatic carbocycles. The first-order valence-corrected chi connectivity index (χ1v) is 5.74. The molecule has 1 aromatic rings. The standard InChI is InChI=1S/C13H17F2NO/c1-17-11-5-3-2-4-10(11)12(9-16)6-7-13(14,15)8-12/h2-5H,6-9,16H2,1H3. The van der Waals surface area contributed by atoms with Gasteiger partial charge in [0.05, 0.1) is 7.11 Å². The lowest BCUT2D eigenvalue weighted by atomic mass is 9.78. The highest BCUT2D eigenvalue weighted by molar-refractivity contribution is 5.41. The molecule has 0 radical (unpaired) electrons. The fourth-order valence-electron chi connectivity index (χ4n) is 2.69. The van der Waals surface area contributed by atoms with E-state index >= 15 is 0 Å². The van der Waals surface area contributed by atoms with Crippen LogP contribution in [0.1, 0.15) is 24.8 Å². The molecule has 0 spiro atoms. The SMILES string of the molecule is COc1ccccc1C1(CN)CCC(F)(F)C1. The summed E-state index contributed by atoms with van der Waals surface area (Å²) in [6.07, 6.45) is 0.135. The number of para-hydroxylation sites is 1. The Kier molecular flexibility index (Phi) is 3.08. The van der Waals surface area contributed by atoms with Crippen LogP contribution >= 0.6 is 0 Å². The first-order chi connectivity index (χ1) is 8.03. The van der Waals surface area contributed by atoms with Gasteiger partial charge in [-0.05, 0) is 12.5 Å². The lowest BCUT2D eigenvalue weighted by Gasteiger charge is -2.29. The average molecular weight is 241 g/mol. The zero-order valence-electron chi connectivity index (χ0n) is 9.88. The monoisotopic (exact) mass is 241 g/mol. The highest BCUT2D eigenvalue weighted by atomic mass is 19.3. The zero-order chi connectivity index (χ0) is 12.5. The molecule has 1 fully saturated rings. The maximum atomic E-state index is 13.5. The Labute approximate surface area is 99.8 Å². The first kappa shape index (κ1) is 12.3. The van der Waals surface area contributed by atoms with Crippen molar-refractivity contribution in [1.29, 1.82) is 0 Å². The van der Waals surface area contributed by atoms with Gasteiger partial charge in [0.2, 0.25) is 5.92 Å². The average Bonchev–Trinajstić information content (AvgIpc) is 2.66. The van der Waals surface area contributed by atoms with E-state index in [1.807, 2.05) is 18.2 Å². The molecule has 1 unspecified atom stereocenters. The molecule has 2 nitrogen and oxygen atoms in total. The van der Waals surface area contributed by atoms with E-state index in [1.165, 1.54) is 0 Å². The van der Waals surface area contributed by atoms with Crippen LogP contribution in [0.2, 0.25) is 0 Å². The molecule has 94 valence electrons. The number of halogens is 2. The lowest BCUT2D eigenvalue weighted by molar-refractivity contribution is 0.00292. The van der Waals surface area contributed by atoms with Crippen molar-refractivity contribution in [2.24, 2.45) is 5.73 Å². The first-order valence-electron chi connectivity index (χ1n) is 5.74. The number of hydrogen-bond acceptors (Lipinski definition) is 2. The van der Waals surface area contributed by atoms with Crippen molar-refractivity contribution < 1.29 is 13.5 Å². The molecule has 2 rings (SSSR count). The third-order valence-corrected chi connectivity index (χ3v) is 3.64. The van der Waals surface area contributed by atoms with Gasteiger partial charge in [-0.2, -0.15) is 0 Å². The van der Waals surface area contributed by atoms with Crippen LogP contribution in [0.25, 0.3) is 0 Å². The van der Waals surface area contributed by atoms with Crippen LogP contribution in [0.4, 0.5) is 8.78 Å². The van der Waals surface area contributed by atoms with Crippen molar-refractivity contribution in [3.8, 4) is 5.75 Å². The van der Waals surface area contributed by atoms with Crippen LogP contribution in [-0.4, -0.2) is 19.6 Å². The largest absolute Gasteiger partial charge is 0.496 e. The summed E-state index contributed by atoms with van der Waals surface area (Å²) in [6.45, 7) is 0.225. The van der Waals surface area contributed by atoms with Gasteiger partial charge in [0.1, 0.15) is 5.75 Å². The van der Waals surface area contributed by atoms with E-state index in [0.29, 0.717) is 12.2 Å². The van der Waals surface area contributed by atoms with Crippen LogP contribution in [0.15, 0.2) is 24.3 Å². The molecule has 1 atom stereocenters. The second-order valence-electron chi connectivity index (χ2n) is 4.72. The fraction of sp³-hybridized carbons (Fsp3) is 0.538. The summed E-state index contributed by atoms with van der Waals surface area (Å²) in [5, 5.41) is 0. The molecule has 0 saturated heterocycles. The van der Waals surface area contributed by atoms with Crippen LogP contribution in [0, 0.1) is 0 Å². The number of nitrogens with two attached hydrogens (primary N) is 1. The normalized spacial score (nSPS) is 27.1. The highest BCUT2D eigenvalue weighted by Crippen LogP contribution is 2.50. The predicted octanol–water partition coefficient (Wildman–Crippen LogP) is 2.71. The summed E-state index contributed by atoms with van der Waals surface area (Å²) < 4.78 is 32.2. The van der Waals surface area contributed by atoms with Gasteiger partial charge >= 0.3 is 0 Å². The Balaban J connectivity index is 2.42. The van der Waals surface area contributed by atoms with E-state index in [9.17, 15) is 8.78 Å². The van der Waals surface area contributed by atoms with Crippen LogP contribution in [-0.2, 0) is 5.41 Å². The molecule has 0 aromatic heterocycles. The summed E-state index contributed by atoms with van der Waals surface area (Å²) >= 11 is 0. The van der Waals surface area contributed by atoms with Crippen molar-refractivity contribution in [2.45, 2.75) is 30.6 Å². The summed E-state index contributed by atoms with van der Waals surface area (Å²) in [4.78, 5) is 0. The van der Waals surface area contributed by atoms with Gasteiger partial charge in [-0.3, -0.25) is 0 Å². The third-order valence-electron chi connectivity index (χ3n) is 3.64. The quantitative estimate of drug-likeness (QED) is 0.883. The molecule has 0 heterocycles. The lowest BCUT2D eigenvalue weighted by Crippen LogP contribution is -2.34. The van der Waals surface area contributed by atoms with Crippen LogP contribution < -0.4 is 10.5 Å². The topological polar surface area (TPSA) is 35.2 Å². The zero-order valence-corrected chi connectivity index (χ0v) is 9.88. The smallest absolute Gasteiger partial charge is 0.249 e. The molecular weight excluding hydrogens is 224 g/mol. The van der Waals surface area contributed by atoms with Crippen LogP contribution in [0.3, 0.4) is 0 Å². The Bertz CT molecular complexity index is 408. The molecule has 0 aliphatic heterocycles. The number of hydrogen-bond donors (Lipinski definition) is 1. The van der Waals surface area contributed by atoms with Gasteiger partial charge in [0.25, 0.3) is 0 Å². The van der Waals surface area contributed by atoms with E-state index in [4.69, 9.17) is 10.5 Å². The minimum absolute atomic E-state index is 0.0950. The number of ether oxygens (including phenoxy) is 1. The maximum absolute atomic E-state index is 13.5. The van der Waals surface area contributed by atoms with E-state index in [2.05, 4.69) is 0 Å².